The molecule has 0 aromatic carbocycles. The number of rotatable bonds is 3. The Bertz CT molecular complexity index is 1160. The summed E-state index contributed by atoms with van der Waals surface area (Å²) in [5, 5.41) is 1.93. The van der Waals surface area contributed by atoms with Crippen LogP contribution in [0.4, 0.5) is 0 Å². The minimum absolute atomic E-state index is 0. The topological polar surface area (TPSA) is 0 Å². The Balaban J connectivity index is 0.000000895. The number of thiophene rings is 1. The molecule has 0 spiro atoms. The molecule has 0 fully saturated rings. The summed E-state index contributed by atoms with van der Waals surface area (Å²) in [6.45, 7) is 26.1. The molecular formula is C27H41Cl2S2Si2Zr-. The zero-order valence-electron chi connectivity index (χ0n) is 22.6. The molecule has 34 heavy (non-hydrogen) atoms. The second-order valence-electron chi connectivity index (χ2n) is 12.4. The van der Waals surface area contributed by atoms with Crippen molar-refractivity contribution in [3.05, 3.63) is 49.2 Å². The molecular weight excluding hydrogens is 607 g/mol. The van der Waals surface area contributed by atoms with Gasteiger partial charge in [0.05, 0.1) is 16.1 Å². The van der Waals surface area contributed by atoms with Crippen LogP contribution in [0.2, 0.25) is 39.3 Å². The Morgan fingerprint density at radius 1 is 1.03 bits per heavy atom. The summed E-state index contributed by atoms with van der Waals surface area (Å²) in [6.07, 6.45) is 9.95. The van der Waals surface area contributed by atoms with Gasteiger partial charge in [0, 0.05) is 0 Å². The number of thioether (sulfide) groups is 1. The molecule has 1 aromatic rings. The first kappa shape index (κ1) is 32.8. The maximum Gasteiger partial charge on any atom is -0.147 e. The van der Waals surface area contributed by atoms with E-state index in [1.807, 2.05) is 11.3 Å². The molecule has 1 aliphatic heterocycles. The minimum Gasteiger partial charge on any atom is -0.147 e. The maximum absolute atomic E-state index is 3.89. The molecule has 1 aromatic heterocycles. The van der Waals surface area contributed by atoms with Crippen molar-refractivity contribution in [1.82, 2.24) is 0 Å². The number of hydrogen-bond donors (Lipinski definition) is 0. The molecule has 3 aliphatic rings. The van der Waals surface area contributed by atoms with Crippen molar-refractivity contribution < 1.29 is 24.2 Å². The summed E-state index contributed by atoms with van der Waals surface area (Å²) in [5.41, 5.74) is 6.48. The third-order valence-corrected chi connectivity index (χ3v) is 15.2. The molecule has 7 heteroatoms. The van der Waals surface area contributed by atoms with Crippen molar-refractivity contribution in [3.8, 4) is 0 Å². The molecule has 188 valence electrons. The zero-order valence-corrected chi connectivity index (χ0v) is 30.4. The molecule has 0 bridgehead atoms. The van der Waals surface area contributed by atoms with Crippen LogP contribution in [-0.2, 0) is 24.2 Å². The number of fused-ring (bicyclic) bond motifs is 2. The van der Waals surface area contributed by atoms with Gasteiger partial charge in [0.15, 0.2) is 0 Å². The zero-order chi connectivity index (χ0) is 24.2. The molecule has 0 saturated carbocycles. The van der Waals surface area contributed by atoms with Gasteiger partial charge in [-0.25, -0.2) is 6.08 Å². The van der Waals surface area contributed by atoms with Gasteiger partial charge in [0.1, 0.15) is 0 Å². The van der Waals surface area contributed by atoms with E-state index < -0.39 is 16.1 Å². The van der Waals surface area contributed by atoms with E-state index in [9.17, 15) is 0 Å². The van der Waals surface area contributed by atoms with Gasteiger partial charge in [-0.15, -0.1) is 52.7 Å². The smallest absolute Gasteiger partial charge is 0.147 e. The van der Waals surface area contributed by atoms with Crippen molar-refractivity contribution >= 4 is 83.4 Å². The van der Waals surface area contributed by atoms with Crippen LogP contribution >= 0.6 is 47.9 Å². The third-order valence-electron chi connectivity index (χ3n) is 5.76. The Kier molecular flexibility index (Phi) is 11.3. The van der Waals surface area contributed by atoms with Gasteiger partial charge in [-0.05, 0) is 42.8 Å². The Morgan fingerprint density at radius 2 is 1.59 bits per heavy atom. The van der Waals surface area contributed by atoms with Crippen molar-refractivity contribution in [3.63, 3.8) is 0 Å². The second-order valence-corrected chi connectivity index (χ2v) is 27.8. The van der Waals surface area contributed by atoms with Gasteiger partial charge in [0.2, 0.25) is 0 Å². The molecule has 0 amide bonds. The molecule has 0 saturated heterocycles. The summed E-state index contributed by atoms with van der Waals surface area (Å²) in [7, 11) is -2.70. The predicted molar refractivity (Wildman–Crippen MR) is 166 cm³/mol. The van der Waals surface area contributed by atoms with Crippen LogP contribution in [0.1, 0.15) is 41.0 Å². The SMILES string of the molecule is CC(C)(C)C1=CCC(C2=C([Si](C)(C)C)SC3[C-]=c4sc([Si](C)(C)C)cc4=C23)=C1.C[C](C)=[Zr].Cl.Cl. The predicted octanol–water partition coefficient (Wildman–Crippen LogP) is 7.25. The van der Waals surface area contributed by atoms with Crippen molar-refractivity contribution in [1.29, 1.82) is 0 Å². The van der Waals surface area contributed by atoms with Crippen molar-refractivity contribution in [2.24, 2.45) is 5.41 Å². The third kappa shape index (κ3) is 7.20. The maximum atomic E-state index is 3.89. The van der Waals surface area contributed by atoms with Crippen LogP contribution in [0.15, 0.2) is 39.5 Å². The Morgan fingerprint density at radius 3 is 2.03 bits per heavy atom. The monoisotopic (exact) mass is 645 g/mol. The van der Waals surface area contributed by atoms with Gasteiger partial charge in [-0.1, -0.05) is 72.2 Å². The van der Waals surface area contributed by atoms with Gasteiger partial charge >= 0.3 is 41.3 Å². The van der Waals surface area contributed by atoms with E-state index in [-0.39, 0.29) is 30.2 Å². The minimum atomic E-state index is -1.41. The van der Waals surface area contributed by atoms with Crippen LogP contribution in [0, 0.1) is 5.41 Å². The summed E-state index contributed by atoms with van der Waals surface area (Å²) in [5.74, 6) is 0. The van der Waals surface area contributed by atoms with Crippen LogP contribution < -0.4 is 14.3 Å². The van der Waals surface area contributed by atoms with E-state index in [0.29, 0.717) is 5.25 Å². The van der Waals surface area contributed by atoms with Gasteiger partial charge in [0.25, 0.3) is 0 Å². The average molecular weight is 648 g/mol. The fourth-order valence-electron chi connectivity index (χ4n) is 4.15. The standard InChI is InChI=1S/C24H33S2Si2.C3H6.2ClH.Zr/c1-24(2,3)16-11-10-15(12-16)21-22-17-13-20(27(4,5)6)25-18(17)14-19(22)26-23(21)28(7,8)9;1-3-2;;;/h11-13,19H,10H2,1-9H3;1-2H3;2*1H;/q-1;;;;. The van der Waals surface area contributed by atoms with Gasteiger partial charge in [-0.3, -0.25) is 0 Å². The van der Waals surface area contributed by atoms with Crippen LogP contribution in [0.3, 0.4) is 0 Å². The molecule has 0 nitrogen and oxygen atoms in total. The number of hydrogen-bond acceptors (Lipinski definition) is 2. The van der Waals surface area contributed by atoms with Crippen LogP contribution in [-0.4, -0.2) is 24.6 Å². The molecule has 0 N–H and O–H groups in total. The molecule has 2 heterocycles. The van der Waals surface area contributed by atoms with Gasteiger partial charge in [-0.2, -0.15) is 16.6 Å². The largest absolute Gasteiger partial charge is 0.147 e. The van der Waals surface area contributed by atoms with Crippen molar-refractivity contribution in [2.75, 3.05) is 0 Å². The van der Waals surface area contributed by atoms with Crippen LogP contribution in [0.5, 0.6) is 0 Å². The van der Waals surface area contributed by atoms with Gasteiger partial charge < -0.3 is 0 Å². The summed E-state index contributed by atoms with van der Waals surface area (Å²) >= 11 is 5.68. The normalized spacial score (nSPS) is 19.1. The molecule has 0 radical (unpaired) electrons. The average Bonchev–Trinajstić information content (AvgIpc) is 3.31. The summed E-state index contributed by atoms with van der Waals surface area (Å²) in [4.78, 5) is 0. The van der Waals surface area contributed by atoms with E-state index >= 15 is 0 Å². The first-order valence-corrected chi connectivity index (χ1v) is 21.6. The first-order chi connectivity index (χ1) is 14.5. The van der Waals surface area contributed by atoms with E-state index in [2.05, 4.69) is 110 Å². The van der Waals surface area contributed by atoms with E-state index in [1.165, 1.54) is 18.5 Å². The summed E-state index contributed by atoms with van der Waals surface area (Å²) < 4.78 is 6.24. The van der Waals surface area contributed by atoms with Crippen molar-refractivity contribution in [2.45, 2.75) is 85.6 Å². The van der Waals surface area contributed by atoms with E-state index in [1.54, 1.807) is 50.0 Å². The fraction of sp³-hybridized carbons (Fsp3) is 0.519. The van der Waals surface area contributed by atoms with E-state index in [0.717, 1.165) is 6.42 Å². The molecule has 1 unspecified atom stereocenters. The van der Waals surface area contributed by atoms with E-state index in [4.69, 9.17) is 0 Å². The Hall–Kier alpha value is 0.777. The first-order valence-electron chi connectivity index (χ1n) is 11.6. The Labute approximate surface area is 245 Å². The number of allylic oxidation sites excluding steroid dienone is 5. The molecule has 4 rings (SSSR count). The second kappa shape index (κ2) is 11.7. The molecule has 2 aliphatic carbocycles. The number of halogens is 2. The quantitative estimate of drug-likeness (QED) is 0.246. The fourth-order valence-corrected chi connectivity index (χ4v) is 11.1. The summed E-state index contributed by atoms with van der Waals surface area (Å²) in [6, 6.07) is 2.54. The molecule has 1 atom stereocenters. The van der Waals surface area contributed by atoms with Crippen LogP contribution in [0.25, 0.3) is 11.6 Å².